The number of benzene rings is 1. The fourth-order valence-electron chi connectivity index (χ4n) is 6.32. The molecule has 42 heavy (non-hydrogen) atoms. The lowest BCUT2D eigenvalue weighted by Gasteiger charge is -2.37. The van der Waals surface area contributed by atoms with E-state index in [1.165, 1.54) is 11.9 Å². The molecular weight excluding hydrogens is 532 g/mol. The minimum absolute atomic E-state index is 0.00826. The van der Waals surface area contributed by atoms with E-state index in [-0.39, 0.29) is 30.3 Å². The Morgan fingerprint density at radius 2 is 1.90 bits per heavy atom. The Balaban J connectivity index is 1.17. The number of imidazole rings is 1. The lowest BCUT2D eigenvalue weighted by molar-refractivity contribution is -0.133. The summed E-state index contributed by atoms with van der Waals surface area (Å²) in [5, 5.41) is 10.9. The first-order valence-corrected chi connectivity index (χ1v) is 14.6. The molecule has 0 saturated carbocycles. The third-order valence-corrected chi connectivity index (χ3v) is 8.64. The topological polar surface area (TPSA) is 125 Å². The Bertz CT molecular complexity index is 1840. The van der Waals surface area contributed by atoms with Gasteiger partial charge in [0.2, 0.25) is 5.91 Å². The van der Waals surface area contributed by atoms with Gasteiger partial charge in [-0.1, -0.05) is 38.1 Å². The molecule has 216 valence electrons. The molecule has 0 aliphatic carbocycles. The van der Waals surface area contributed by atoms with Gasteiger partial charge < -0.3 is 19.5 Å². The molecule has 0 radical (unpaired) electrons. The van der Waals surface area contributed by atoms with E-state index in [0.29, 0.717) is 56.2 Å². The number of H-pyrrole nitrogens is 1. The first-order chi connectivity index (χ1) is 20.4. The number of hydrogen-bond acceptors (Lipinski definition) is 7. The summed E-state index contributed by atoms with van der Waals surface area (Å²) >= 11 is 0. The van der Waals surface area contributed by atoms with Gasteiger partial charge in [0.25, 0.3) is 0 Å². The number of anilines is 1. The van der Waals surface area contributed by atoms with Crippen molar-refractivity contribution in [2.24, 2.45) is 0 Å². The minimum Gasteiger partial charge on any atom is -0.389 e. The van der Waals surface area contributed by atoms with Crippen LogP contribution in [-0.4, -0.2) is 77.3 Å². The van der Waals surface area contributed by atoms with Crippen molar-refractivity contribution in [1.82, 2.24) is 34.0 Å². The van der Waals surface area contributed by atoms with Crippen LogP contribution >= 0.6 is 0 Å². The van der Waals surface area contributed by atoms with Crippen LogP contribution < -0.4 is 10.6 Å². The number of β-amino-alcohol motifs (C(OH)–C–C–N with tert-alkyl or cyclic N) is 1. The number of amides is 1. The van der Waals surface area contributed by atoms with Gasteiger partial charge in [0, 0.05) is 50.2 Å². The van der Waals surface area contributed by atoms with E-state index in [9.17, 15) is 14.7 Å². The largest absolute Gasteiger partial charge is 0.389 e. The zero-order valence-corrected chi connectivity index (χ0v) is 23.8. The molecule has 4 aromatic heterocycles. The van der Waals surface area contributed by atoms with Crippen LogP contribution in [0, 0.1) is 0 Å². The third kappa shape index (κ3) is 4.53. The van der Waals surface area contributed by atoms with Crippen LogP contribution in [0.25, 0.3) is 33.3 Å². The number of likely N-dealkylation sites (tertiary alicyclic amines) is 1. The number of aliphatic hydroxyl groups excluding tert-OH is 1. The van der Waals surface area contributed by atoms with Crippen LogP contribution in [0.4, 0.5) is 5.82 Å². The second kappa shape index (κ2) is 10.4. The van der Waals surface area contributed by atoms with Gasteiger partial charge in [0.1, 0.15) is 24.3 Å². The van der Waals surface area contributed by atoms with Crippen LogP contribution in [-0.2, 0) is 11.3 Å². The second-order valence-corrected chi connectivity index (χ2v) is 11.7. The van der Waals surface area contributed by atoms with Gasteiger partial charge in [-0.3, -0.25) is 14.3 Å². The third-order valence-electron chi connectivity index (χ3n) is 8.64. The SMILES string of the molecule is CC(C)c1cccc(-c2cn(CC(=O)N3CCC(n4c(=O)[nH]c5ncccc54)CC3)c3ncnc(N4CC(O)C4)c23)c1. The monoisotopic (exact) mass is 566 g/mol. The number of nitrogens with one attached hydrogen (secondary N) is 1. The first-order valence-electron chi connectivity index (χ1n) is 14.6. The average molecular weight is 567 g/mol. The van der Waals surface area contributed by atoms with Crippen LogP contribution in [0.5, 0.6) is 0 Å². The average Bonchev–Trinajstić information content (AvgIpc) is 3.52. The van der Waals surface area contributed by atoms with E-state index < -0.39 is 0 Å². The smallest absolute Gasteiger partial charge is 0.327 e. The number of aliphatic hydroxyl groups is 1. The molecule has 11 nitrogen and oxygen atoms in total. The van der Waals surface area contributed by atoms with Crippen molar-refractivity contribution in [3.8, 4) is 11.1 Å². The molecule has 2 saturated heterocycles. The predicted octanol–water partition coefficient (Wildman–Crippen LogP) is 3.30. The van der Waals surface area contributed by atoms with Crippen molar-refractivity contribution in [2.45, 2.75) is 51.3 Å². The first kappa shape index (κ1) is 26.4. The molecule has 11 heteroatoms. The number of aromatic amines is 1. The van der Waals surface area contributed by atoms with Gasteiger partial charge >= 0.3 is 5.69 Å². The maximum absolute atomic E-state index is 13.6. The highest BCUT2D eigenvalue weighted by Crippen LogP contribution is 2.37. The van der Waals surface area contributed by atoms with E-state index in [1.54, 1.807) is 10.8 Å². The zero-order chi connectivity index (χ0) is 29.0. The summed E-state index contributed by atoms with van der Waals surface area (Å²) in [5.41, 5.74) is 5.18. The Kier molecular flexibility index (Phi) is 6.53. The fraction of sp³-hybridized carbons (Fsp3) is 0.387. The van der Waals surface area contributed by atoms with Crippen LogP contribution in [0.15, 0.2) is 59.9 Å². The summed E-state index contributed by atoms with van der Waals surface area (Å²) in [7, 11) is 0. The quantitative estimate of drug-likeness (QED) is 0.323. The Morgan fingerprint density at radius 1 is 1.10 bits per heavy atom. The number of carbonyl (C=O) groups is 1. The number of rotatable bonds is 6. The predicted molar refractivity (Wildman–Crippen MR) is 160 cm³/mol. The van der Waals surface area contributed by atoms with Gasteiger partial charge in [-0.05, 0) is 42.0 Å². The highest BCUT2D eigenvalue weighted by molar-refractivity contribution is 6.02. The Labute approximate surface area is 242 Å². The van der Waals surface area contributed by atoms with Crippen molar-refractivity contribution in [1.29, 1.82) is 0 Å². The Morgan fingerprint density at radius 3 is 2.67 bits per heavy atom. The molecule has 1 amide bonds. The van der Waals surface area contributed by atoms with Crippen LogP contribution in [0.3, 0.4) is 0 Å². The van der Waals surface area contributed by atoms with Crippen LogP contribution in [0.1, 0.15) is 44.2 Å². The van der Waals surface area contributed by atoms with Gasteiger partial charge in [-0.2, -0.15) is 0 Å². The molecule has 7 rings (SSSR count). The van der Waals surface area contributed by atoms with Crippen LogP contribution in [0.2, 0.25) is 0 Å². The molecule has 2 aliphatic heterocycles. The highest BCUT2D eigenvalue weighted by Gasteiger charge is 2.31. The van der Waals surface area contributed by atoms with Crippen molar-refractivity contribution in [3.05, 3.63) is 71.2 Å². The molecule has 6 heterocycles. The van der Waals surface area contributed by atoms with E-state index in [1.807, 2.05) is 27.8 Å². The summed E-state index contributed by atoms with van der Waals surface area (Å²) in [6.07, 6.45) is 6.24. The molecule has 2 N–H and O–H groups in total. The summed E-state index contributed by atoms with van der Waals surface area (Å²) < 4.78 is 3.71. The molecule has 2 fully saturated rings. The molecule has 0 unspecified atom stereocenters. The Hall–Kier alpha value is -4.51. The molecule has 2 aliphatic rings. The lowest BCUT2D eigenvalue weighted by atomic mass is 9.97. The number of piperidine rings is 1. The van der Waals surface area contributed by atoms with E-state index >= 15 is 0 Å². The highest BCUT2D eigenvalue weighted by atomic mass is 16.3. The van der Waals surface area contributed by atoms with E-state index in [0.717, 1.165) is 27.8 Å². The number of carbonyl (C=O) groups excluding carboxylic acids is 1. The summed E-state index contributed by atoms with van der Waals surface area (Å²) in [5.74, 6) is 1.17. The van der Waals surface area contributed by atoms with Gasteiger partial charge in [0.05, 0.1) is 17.0 Å². The van der Waals surface area contributed by atoms with Gasteiger partial charge in [0.15, 0.2) is 5.65 Å². The maximum Gasteiger partial charge on any atom is 0.327 e. The lowest BCUT2D eigenvalue weighted by Crippen LogP contribution is -2.51. The summed E-state index contributed by atoms with van der Waals surface area (Å²) in [6, 6.07) is 12.2. The zero-order valence-electron chi connectivity index (χ0n) is 23.8. The number of nitrogens with zero attached hydrogens (tertiary/aromatic N) is 7. The van der Waals surface area contributed by atoms with Crippen molar-refractivity contribution >= 4 is 33.9 Å². The molecule has 0 atom stereocenters. The van der Waals surface area contributed by atoms with E-state index in [4.69, 9.17) is 0 Å². The maximum atomic E-state index is 13.6. The van der Waals surface area contributed by atoms with Gasteiger partial charge in [-0.25, -0.2) is 19.7 Å². The second-order valence-electron chi connectivity index (χ2n) is 11.7. The van der Waals surface area contributed by atoms with Crippen molar-refractivity contribution in [2.75, 3.05) is 31.1 Å². The summed E-state index contributed by atoms with van der Waals surface area (Å²) in [4.78, 5) is 46.6. The number of aromatic nitrogens is 6. The molecule has 0 spiro atoms. The number of hydrogen-bond donors (Lipinski definition) is 2. The van der Waals surface area contributed by atoms with Crippen molar-refractivity contribution < 1.29 is 9.90 Å². The molecule has 1 aromatic carbocycles. The molecule has 5 aromatic rings. The fourth-order valence-corrected chi connectivity index (χ4v) is 6.32. The molecule has 0 bridgehead atoms. The number of pyridine rings is 1. The van der Waals surface area contributed by atoms with E-state index in [2.05, 4.69) is 62.9 Å². The number of fused-ring (bicyclic) bond motifs is 2. The standard InChI is InChI=1S/C31H34N8O3/c1-19(2)20-5-3-6-21(13-20)24-16-38(30-27(24)29(33-18-34-30)37-14-23(40)15-37)17-26(41)36-11-8-22(9-12-36)39-25-7-4-10-32-28(25)35-31(39)42/h3-7,10,13,16,18-19,22-23,40H,8-9,11-12,14-15,17H2,1-2H3,(H,32,35,42). The summed E-state index contributed by atoms with van der Waals surface area (Å²) in [6.45, 7) is 6.67. The molecular formula is C31H34N8O3. The van der Waals surface area contributed by atoms with Crippen molar-refractivity contribution in [3.63, 3.8) is 0 Å². The van der Waals surface area contributed by atoms with Gasteiger partial charge in [-0.15, -0.1) is 0 Å². The minimum atomic E-state index is -0.370. The normalized spacial score (nSPS) is 16.6.